The average Bonchev–Trinajstić information content (AvgIpc) is 2.98. The zero-order valence-electron chi connectivity index (χ0n) is 22.0. The highest BCUT2D eigenvalue weighted by atomic mass is 19.1. The van der Waals surface area contributed by atoms with Gasteiger partial charge in [0.25, 0.3) is 0 Å². The van der Waals surface area contributed by atoms with E-state index in [2.05, 4.69) is 20.9 Å². The van der Waals surface area contributed by atoms with Gasteiger partial charge in [-0.3, -0.25) is 4.99 Å². The fourth-order valence-electron chi connectivity index (χ4n) is 5.25. The van der Waals surface area contributed by atoms with Crippen LogP contribution < -0.4 is 15.4 Å². The van der Waals surface area contributed by atoms with Crippen molar-refractivity contribution in [2.45, 2.75) is 37.8 Å². The van der Waals surface area contributed by atoms with Crippen LogP contribution in [-0.2, 0) is 4.74 Å². The topological polar surface area (TPSA) is 73.6 Å². The summed E-state index contributed by atoms with van der Waals surface area (Å²) >= 11 is 0. The fraction of sp³-hybridized carbons (Fsp3) is 0.258. The Bertz CT molecular complexity index is 1620. The van der Waals surface area contributed by atoms with E-state index in [4.69, 9.17) is 19.5 Å². The number of anilines is 2. The molecule has 7 nitrogen and oxygen atoms in total. The Morgan fingerprint density at radius 2 is 1.74 bits per heavy atom. The van der Waals surface area contributed by atoms with Crippen LogP contribution in [0.3, 0.4) is 0 Å². The van der Waals surface area contributed by atoms with Crippen LogP contribution in [0.2, 0.25) is 0 Å². The van der Waals surface area contributed by atoms with Crippen LogP contribution in [0.4, 0.5) is 15.8 Å². The lowest BCUT2D eigenvalue weighted by atomic mass is 9.93. The molecule has 0 radical (unpaired) electrons. The molecule has 39 heavy (non-hydrogen) atoms. The van der Waals surface area contributed by atoms with Crippen LogP contribution in [0.15, 0.2) is 84.0 Å². The van der Waals surface area contributed by atoms with Gasteiger partial charge in [0.1, 0.15) is 5.82 Å². The van der Waals surface area contributed by atoms with Gasteiger partial charge in [0.05, 0.1) is 64.6 Å². The Kier molecular flexibility index (Phi) is 6.94. The lowest BCUT2D eigenvalue weighted by molar-refractivity contribution is 0.0663. The summed E-state index contributed by atoms with van der Waals surface area (Å²) < 4.78 is 26.8. The molecule has 1 aromatic heterocycles. The van der Waals surface area contributed by atoms with Crippen molar-refractivity contribution in [3.63, 3.8) is 0 Å². The molecular weight excluding hydrogens is 493 g/mol. The fourth-order valence-corrected chi connectivity index (χ4v) is 5.25. The number of hydrogen-bond donors (Lipinski definition) is 1. The van der Waals surface area contributed by atoms with E-state index in [1.165, 1.54) is 12.1 Å². The molecule has 1 N–H and O–H groups in total. The molecule has 2 aromatic carbocycles. The number of pyridine rings is 1. The van der Waals surface area contributed by atoms with Crippen molar-refractivity contribution < 1.29 is 13.9 Å². The predicted molar refractivity (Wildman–Crippen MR) is 150 cm³/mol. The summed E-state index contributed by atoms with van der Waals surface area (Å²) in [5, 5.41) is 4.34. The zero-order chi connectivity index (χ0) is 26.8. The molecule has 0 spiro atoms. The molecule has 1 saturated carbocycles. The minimum Gasteiger partial charge on any atom is -0.481 e. The quantitative estimate of drug-likeness (QED) is 0.265. The van der Waals surface area contributed by atoms with Gasteiger partial charge in [0.15, 0.2) is 0 Å². The summed E-state index contributed by atoms with van der Waals surface area (Å²) in [6, 6.07) is 22.6. The number of halogens is 1. The predicted octanol–water partition coefficient (Wildman–Crippen LogP) is 6.27. The summed E-state index contributed by atoms with van der Waals surface area (Å²) in [5.41, 5.74) is 5.98. The third-order valence-corrected chi connectivity index (χ3v) is 7.31. The number of nitrogens with one attached hydrogen (secondary N) is 1. The first-order chi connectivity index (χ1) is 19.1. The molecule has 0 atom stereocenters. The number of fused-ring (bicyclic) bond motifs is 2. The minimum atomic E-state index is -0.274. The number of nitrogens with zero attached hydrogens (tertiary/aromatic N) is 4. The standard InChI is InChI=1S/C31H30FN5O2/c1-38-24-14-9-21(10-15-24)34-27-18-30-28(17-26(27)35-22-11-16-31(39-2)33-19-22)36-25-5-3-4-6-29(25)37(30)23-12-7-20(32)8-13-23/h3-8,11-13,16-19,21,24,35H,9-10,14-15H2,1-2H3/b34-27+/t21-,24-. The second-order valence-corrected chi connectivity index (χ2v) is 9.78. The summed E-state index contributed by atoms with van der Waals surface area (Å²) in [5.74, 6) is 0.274. The first-order valence-corrected chi connectivity index (χ1v) is 13.2. The van der Waals surface area contributed by atoms with E-state index >= 15 is 0 Å². The second-order valence-electron chi connectivity index (χ2n) is 9.78. The van der Waals surface area contributed by atoms with Gasteiger partial charge in [-0.05, 0) is 80.3 Å². The number of aromatic nitrogens is 3. The van der Waals surface area contributed by atoms with Crippen LogP contribution in [0.5, 0.6) is 5.88 Å². The zero-order valence-corrected chi connectivity index (χ0v) is 22.0. The molecule has 8 heteroatoms. The molecule has 0 bridgehead atoms. The SMILES string of the molecule is COc1ccc(Nc2cc3nc4ccccc4n(-c4ccc(F)cc4)c-3c/c2=N\[C@H]2CC[C@H](OC)CC2)cn1. The lowest BCUT2D eigenvalue weighted by Crippen LogP contribution is -2.25. The molecule has 6 rings (SSSR count). The average molecular weight is 524 g/mol. The van der Waals surface area contributed by atoms with Crippen molar-refractivity contribution in [2.24, 2.45) is 4.99 Å². The van der Waals surface area contributed by atoms with E-state index in [-0.39, 0.29) is 11.9 Å². The van der Waals surface area contributed by atoms with E-state index < -0.39 is 0 Å². The van der Waals surface area contributed by atoms with E-state index in [0.717, 1.165) is 70.5 Å². The summed E-state index contributed by atoms with van der Waals surface area (Å²) in [7, 11) is 3.38. The Balaban J connectivity index is 1.55. The van der Waals surface area contributed by atoms with Gasteiger partial charge in [-0.15, -0.1) is 0 Å². The van der Waals surface area contributed by atoms with Crippen molar-refractivity contribution in [1.29, 1.82) is 0 Å². The normalized spacial score (nSPS) is 18.0. The molecule has 198 valence electrons. The maximum Gasteiger partial charge on any atom is 0.213 e. The highest BCUT2D eigenvalue weighted by Gasteiger charge is 2.21. The highest BCUT2D eigenvalue weighted by molar-refractivity contribution is 5.84. The van der Waals surface area contributed by atoms with Gasteiger partial charge in [-0.1, -0.05) is 12.1 Å². The monoisotopic (exact) mass is 523 g/mol. The maximum absolute atomic E-state index is 13.8. The summed E-state index contributed by atoms with van der Waals surface area (Å²) in [6.07, 6.45) is 5.95. The molecule has 0 amide bonds. The van der Waals surface area contributed by atoms with Crippen LogP contribution in [0, 0.1) is 5.82 Å². The van der Waals surface area contributed by atoms with Crippen LogP contribution in [-0.4, -0.2) is 40.9 Å². The van der Waals surface area contributed by atoms with Crippen molar-refractivity contribution in [1.82, 2.24) is 14.5 Å². The Hall–Kier alpha value is -4.30. The molecule has 2 aliphatic carbocycles. The minimum absolute atomic E-state index is 0.191. The number of para-hydroxylation sites is 2. The number of hydrogen-bond acceptors (Lipinski definition) is 6. The number of benzene rings is 3. The molecular formula is C31H30FN5O2. The van der Waals surface area contributed by atoms with Crippen molar-refractivity contribution in [2.75, 3.05) is 19.5 Å². The molecule has 3 aromatic rings. The molecule has 0 saturated heterocycles. The summed E-state index contributed by atoms with van der Waals surface area (Å²) in [4.78, 5) is 14.6. The molecule has 1 aliphatic heterocycles. The number of ether oxygens (including phenoxy) is 2. The van der Waals surface area contributed by atoms with Gasteiger partial charge in [0.2, 0.25) is 5.88 Å². The van der Waals surface area contributed by atoms with E-state index in [1.54, 1.807) is 32.5 Å². The van der Waals surface area contributed by atoms with Crippen molar-refractivity contribution in [3.8, 4) is 23.0 Å². The van der Waals surface area contributed by atoms with Gasteiger partial charge < -0.3 is 19.4 Å². The van der Waals surface area contributed by atoms with E-state index in [0.29, 0.717) is 12.0 Å². The maximum atomic E-state index is 13.8. The number of methoxy groups -OCH3 is 2. The van der Waals surface area contributed by atoms with Crippen molar-refractivity contribution in [3.05, 3.63) is 90.2 Å². The first kappa shape index (κ1) is 25.0. The molecule has 0 unspecified atom stereocenters. The molecule has 1 fully saturated rings. The highest BCUT2D eigenvalue weighted by Crippen LogP contribution is 2.31. The van der Waals surface area contributed by atoms with Crippen LogP contribution in [0.25, 0.3) is 28.1 Å². The van der Waals surface area contributed by atoms with Gasteiger partial charge in [-0.2, -0.15) is 0 Å². The van der Waals surface area contributed by atoms with Crippen molar-refractivity contribution >= 4 is 22.4 Å². The van der Waals surface area contributed by atoms with Crippen LogP contribution >= 0.6 is 0 Å². The van der Waals surface area contributed by atoms with E-state index in [1.807, 2.05) is 42.5 Å². The third-order valence-electron chi connectivity index (χ3n) is 7.31. The Labute approximate surface area is 226 Å². The second kappa shape index (κ2) is 10.8. The van der Waals surface area contributed by atoms with Gasteiger partial charge in [0, 0.05) is 18.9 Å². The molecule has 2 heterocycles. The number of rotatable bonds is 6. The Morgan fingerprint density at radius 3 is 2.46 bits per heavy atom. The van der Waals surface area contributed by atoms with Crippen LogP contribution in [0.1, 0.15) is 25.7 Å². The lowest BCUT2D eigenvalue weighted by Gasteiger charge is -2.25. The van der Waals surface area contributed by atoms with Gasteiger partial charge >= 0.3 is 0 Å². The first-order valence-electron chi connectivity index (χ1n) is 13.2. The summed E-state index contributed by atoms with van der Waals surface area (Å²) in [6.45, 7) is 0. The van der Waals surface area contributed by atoms with Gasteiger partial charge in [-0.25, -0.2) is 14.4 Å². The molecule has 3 aliphatic rings. The Morgan fingerprint density at radius 1 is 0.949 bits per heavy atom. The smallest absolute Gasteiger partial charge is 0.213 e. The largest absolute Gasteiger partial charge is 0.481 e. The third kappa shape index (κ3) is 5.20. The van der Waals surface area contributed by atoms with E-state index in [9.17, 15) is 4.39 Å².